The number of hydrogen-bond acceptors (Lipinski definition) is 6. The molecule has 0 unspecified atom stereocenters. The van der Waals surface area contributed by atoms with E-state index in [0.717, 1.165) is 17.0 Å². The lowest BCUT2D eigenvalue weighted by molar-refractivity contribution is -0.116. The molecule has 0 bridgehead atoms. The summed E-state index contributed by atoms with van der Waals surface area (Å²) >= 11 is 7.20. The standard InChI is InChI=1S/C18H22ClN3O4S/c1-6-26-18(25)14-9(2)16(12(5)23)27-17(14)20-13(24)7-8-22-11(4)15(19)10(3)21-22/h6-8H2,1-5H3,(H,20,24). The van der Waals surface area contributed by atoms with Crippen LogP contribution in [0.4, 0.5) is 5.00 Å². The zero-order valence-electron chi connectivity index (χ0n) is 15.9. The second kappa shape index (κ2) is 8.67. The van der Waals surface area contributed by atoms with Crippen molar-refractivity contribution in [3.63, 3.8) is 0 Å². The van der Waals surface area contributed by atoms with Gasteiger partial charge in [0.15, 0.2) is 5.78 Å². The molecule has 7 nitrogen and oxygen atoms in total. The van der Waals surface area contributed by atoms with Crippen LogP contribution in [0.15, 0.2) is 0 Å². The Morgan fingerprint density at radius 3 is 2.44 bits per heavy atom. The summed E-state index contributed by atoms with van der Waals surface area (Å²) in [5, 5.41) is 7.93. The molecule has 2 heterocycles. The van der Waals surface area contributed by atoms with E-state index in [9.17, 15) is 14.4 Å². The largest absolute Gasteiger partial charge is 0.462 e. The third-order valence-electron chi connectivity index (χ3n) is 4.04. The second-order valence-electron chi connectivity index (χ2n) is 6.04. The van der Waals surface area contributed by atoms with Crippen LogP contribution in [0.1, 0.15) is 57.2 Å². The topological polar surface area (TPSA) is 90.3 Å². The van der Waals surface area contributed by atoms with Crippen molar-refractivity contribution in [3.05, 3.63) is 32.4 Å². The van der Waals surface area contributed by atoms with Crippen molar-refractivity contribution in [2.75, 3.05) is 11.9 Å². The minimum Gasteiger partial charge on any atom is -0.462 e. The molecule has 2 aromatic rings. The number of nitrogens with zero attached hydrogens (tertiary/aromatic N) is 2. The number of ether oxygens (including phenoxy) is 1. The SMILES string of the molecule is CCOC(=O)c1c(NC(=O)CCn2nc(C)c(Cl)c2C)sc(C(C)=O)c1C. The van der Waals surface area contributed by atoms with E-state index in [1.807, 2.05) is 6.92 Å². The molecule has 0 saturated carbocycles. The van der Waals surface area contributed by atoms with Gasteiger partial charge in [-0.2, -0.15) is 5.10 Å². The van der Waals surface area contributed by atoms with Crippen molar-refractivity contribution >= 4 is 45.6 Å². The average Bonchev–Trinajstić information content (AvgIpc) is 3.04. The lowest BCUT2D eigenvalue weighted by atomic mass is 10.1. The van der Waals surface area contributed by atoms with Gasteiger partial charge in [-0.15, -0.1) is 11.3 Å². The molecule has 0 fully saturated rings. The Labute approximate surface area is 166 Å². The first-order valence-corrected chi connectivity index (χ1v) is 9.67. The predicted octanol–water partition coefficient (Wildman–Crippen LogP) is 3.93. The number of nitrogens with one attached hydrogen (secondary N) is 1. The first-order chi connectivity index (χ1) is 12.7. The van der Waals surface area contributed by atoms with E-state index in [1.54, 1.807) is 25.5 Å². The fourth-order valence-corrected chi connectivity index (χ4v) is 3.92. The smallest absolute Gasteiger partial charge is 0.341 e. The van der Waals surface area contributed by atoms with Crippen molar-refractivity contribution in [1.82, 2.24) is 9.78 Å². The van der Waals surface area contributed by atoms with E-state index in [2.05, 4.69) is 10.4 Å². The van der Waals surface area contributed by atoms with Crippen LogP contribution in [0.25, 0.3) is 0 Å². The summed E-state index contributed by atoms with van der Waals surface area (Å²) in [4.78, 5) is 36.9. The summed E-state index contributed by atoms with van der Waals surface area (Å²) in [6, 6.07) is 0. The Kier molecular flexibility index (Phi) is 6.78. The van der Waals surface area contributed by atoms with Crippen molar-refractivity contribution in [3.8, 4) is 0 Å². The molecule has 0 radical (unpaired) electrons. The molecule has 2 rings (SSSR count). The minimum atomic E-state index is -0.556. The maximum Gasteiger partial charge on any atom is 0.341 e. The first-order valence-electron chi connectivity index (χ1n) is 8.48. The Balaban J connectivity index is 2.18. The lowest BCUT2D eigenvalue weighted by Gasteiger charge is -2.08. The van der Waals surface area contributed by atoms with E-state index in [1.165, 1.54) is 6.92 Å². The first kappa shape index (κ1) is 21.1. The number of ketones is 1. The Hall–Kier alpha value is -2.19. The van der Waals surface area contributed by atoms with Crippen LogP contribution in [0.2, 0.25) is 5.02 Å². The lowest BCUT2D eigenvalue weighted by Crippen LogP contribution is -2.17. The molecule has 2 aromatic heterocycles. The molecular formula is C18H22ClN3O4S. The van der Waals surface area contributed by atoms with Gasteiger partial charge in [0.2, 0.25) is 5.91 Å². The van der Waals surface area contributed by atoms with Crippen LogP contribution < -0.4 is 5.32 Å². The van der Waals surface area contributed by atoms with E-state index in [-0.39, 0.29) is 30.3 Å². The molecule has 0 aromatic carbocycles. The molecule has 0 aliphatic heterocycles. The molecule has 9 heteroatoms. The number of amides is 1. The molecule has 0 saturated heterocycles. The number of halogens is 1. The summed E-state index contributed by atoms with van der Waals surface area (Å²) in [5.74, 6) is -1.01. The summed E-state index contributed by atoms with van der Waals surface area (Å²) < 4.78 is 6.73. The van der Waals surface area contributed by atoms with Crippen LogP contribution in [0.3, 0.4) is 0 Å². The number of carbonyl (C=O) groups excluding carboxylic acids is 3. The molecule has 1 N–H and O–H groups in total. The predicted molar refractivity (Wildman–Crippen MR) is 105 cm³/mol. The van der Waals surface area contributed by atoms with Gasteiger partial charge in [0.05, 0.1) is 40.0 Å². The van der Waals surface area contributed by atoms with Crippen LogP contribution in [0, 0.1) is 20.8 Å². The van der Waals surface area contributed by atoms with Crippen LogP contribution in [0.5, 0.6) is 0 Å². The van der Waals surface area contributed by atoms with Gasteiger partial charge in [-0.25, -0.2) is 4.79 Å². The van der Waals surface area contributed by atoms with Gasteiger partial charge in [-0.1, -0.05) is 11.6 Å². The minimum absolute atomic E-state index is 0.146. The van der Waals surface area contributed by atoms with Crippen LogP contribution >= 0.6 is 22.9 Å². The third-order valence-corrected chi connectivity index (χ3v) is 5.90. The number of hydrogen-bond donors (Lipinski definition) is 1. The van der Waals surface area contributed by atoms with Crippen LogP contribution in [-0.2, 0) is 16.1 Å². The third kappa shape index (κ3) is 4.56. The second-order valence-corrected chi connectivity index (χ2v) is 7.44. The highest BCUT2D eigenvalue weighted by Crippen LogP contribution is 2.34. The fourth-order valence-electron chi connectivity index (χ4n) is 2.68. The highest BCUT2D eigenvalue weighted by atomic mass is 35.5. The maximum absolute atomic E-state index is 12.4. The highest BCUT2D eigenvalue weighted by Gasteiger charge is 2.25. The molecule has 0 spiro atoms. The number of esters is 1. The zero-order valence-corrected chi connectivity index (χ0v) is 17.5. The quantitative estimate of drug-likeness (QED) is 0.550. The number of aromatic nitrogens is 2. The summed E-state index contributed by atoms with van der Waals surface area (Å²) in [5.41, 5.74) is 2.25. The maximum atomic E-state index is 12.4. The summed E-state index contributed by atoms with van der Waals surface area (Å²) in [6.45, 7) is 8.98. The van der Waals surface area contributed by atoms with Crippen LogP contribution in [-0.4, -0.2) is 34.0 Å². The van der Waals surface area contributed by atoms with Crippen molar-refractivity contribution in [1.29, 1.82) is 0 Å². The van der Waals surface area contributed by atoms with Crippen molar-refractivity contribution < 1.29 is 19.1 Å². The molecular weight excluding hydrogens is 390 g/mol. The molecule has 0 atom stereocenters. The van der Waals surface area contributed by atoms with Gasteiger partial charge >= 0.3 is 5.97 Å². The molecule has 0 aliphatic rings. The van der Waals surface area contributed by atoms with E-state index in [4.69, 9.17) is 16.3 Å². The monoisotopic (exact) mass is 411 g/mol. The molecule has 146 valence electrons. The Morgan fingerprint density at radius 1 is 1.26 bits per heavy atom. The Morgan fingerprint density at radius 2 is 1.93 bits per heavy atom. The van der Waals surface area contributed by atoms with Gasteiger partial charge in [0.1, 0.15) is 5.00 Å². The fraction of sp³-hybridized carbons (Fsp3) is 0.444. The molecule has 0 aliphatic carbocycles. The van der Waals surface area contributed by atoms with Gasteiger partial charge in [0, 0.05) is 6.42 Å². The zero-order chi connectivity index (χ0) is 20.3. The van der Waals surface area contributed by atoms with E-state index >= 15 is 0 Å². The van der Waals surface area contributed by atoms with E-state index in [0.29, 0.717) is 32.7 Å². The van der Waals surface area contributed by atoms with E-state index < -0.39 is 5.97 Å². The van der Waals surface area contributed by atoms with Gasteiger partial charge in [0.25, 0.3) is 0 Å². The number of aryl methyl sites for hydroxylation is 2. The number of Topliss-reactive ketones (excluding diaryl/α,β-unsaturated/α-hetero) is 1. The number of anilines is 1. The Bertz CT molecular complexity index is 901. The van der Waals surface area contributed by atoms with Crippen molar-refractivity contribution in [2.24, 2.45) is 0 Å². The average molecular weight is 412 g/mol. The van der Waals surface area contributed by atoms with Gasteiger partial charge in [-0.3, -0.25) is 14.3 Å². The number of thiophene rings is 1. The summed E-state index contributed by atoms with van der Waals surface area (Å²) in [7, 11) is 0. The number of carbonyl (C=O) groups is 3. The highest BCUT2D eigenvalue weighted by molar-refractivity contribution is 7.18. The van der Waals surface area contributed by atoms with Gasteiger partial charge < -0.3 is 10.1 Å². The summed E-state index contributed by atoms with van der Waals surface area (Å²) in [6.07, 6.45) is 0.146. The van der Waals surface area contributed by atoms with Gasteiger partial charge in [-0.05, 0) is 40.2 Å². The molecule has 1 amide bonds. The normalized spacial score (nSPS) is 10.7. The molecule has 27 heavy (non-hydrogen) atoms. The van der Waals surface area contributed by atoms with Crippen molar-refractivity contribution in [2.45, 2.75) is 47.6 Å². The number of rotatable bonds is 7.